The molecule has 0 aromatic heterocycles. The molecule has 0 saturated heterocycles. The molecule has 0 heterocycles. The number of hydrogen-bond acceptors (Lipinski definition) is 3. The molecule has 82 valence electrons. The van der Waals surface area contributed by atoms with Gasteiger partial charge in [0.1, 0.15) is 12.4 Å². The van der Waals surface area contributed by atoms with E-state index in [1.54, 1.807) is 6.07 Å². The molecule has 0 aliphatic heterocycles. The van der Waals surface area contributed by atoms with E-state index in [2.05, 4.69) is 15.9 Å². The van der Waals surface area contributed by atoms with E-state index < -0.39 is 12.6 Å². The van der Waals surface area contributed by atoms with E-state index in [9.17, 15) is 9.90 Å². The van der Waals surface area contributed by atoms with Crippen LogP contribution in [0.4, 0.5) is 0 Å². The Labute approximate surface area is 101 Å². The fraction of sp³-hybridized carbons (Fsp3) is 0.0833. The topological polar surface area (TPSA) is 49.4 Å². The van der Waals surface area contributed by atoms with Crippen LogP contribution in [0.2, 0.25) is 0 Å². The van der Waals surface area contributed by atoms with Crippen molar-refractivity contribution in [3.05, 3.63) is 40.9 Å². The predicted octanol–water partition coefficient (Wildman–Crippen LogP) is 1.73. The molecule has 16 heavy (non-hydrogen) atoms. The molecular weight excluding hydrogens is 272 g/mol. The summed E-state index contributed by atoms with van der Waals surface area (Å²) in [5.74, 6) is -0.733. The van der Waals surface area contributed by atoms with E-state index in [0.29, 0.717) is 5.75 Å². The number of carboxylic acid groups (broad SMARTS) is 1. The van der Waals surface area contributed by atoms with E-state index in [0.717, 1.165) is 15.2 Å². The maximum absolute atomic E-state index is 10.3. The van der Waals surface area contributed by atoms with Crippen LogP contribution in [0.3, 0.4) is 0 Å². The van der Waals surface area contributed by atoms with Gasteiger partial charge in [0.25, 0.3) is 0 Å². The zero-order chi connectivity index (χ0) is 11.5. The molecule has 0 spiro atoms. The number of aliphatic carboxylic acids is 1. The van der Waals surface area contributed by atoms with Gasteiger partial charge >= 0.3 is 0 Å². The van der Waals surface area contributed by atoms with Gasteiger partial charge in [0, 0.05) is 0 Å². The smallest absolute Gasteiger partial charge is 0.134 e. The molecule has 0 N–H and O–H groups in total. The standard InChI is InChI=1S/C12H9BrO3/c13-12-9-4-2-1-3-8(9)5-6-10(12)16-7-11(14)15/h1-6H,7H2,(H,14,15)/p-1. The lowest BCUT2D eigenvalue weighted by Gasteiger charge is -2.10. The summed E-state index contributed by atoms with van der Waals surface area (Å²) < 4.78 is 5.85. The average molecular weight is 280 g/mol. The Kier molecular flexibility index (Phi) is 3.10. The number of fused-ring (bicyclic) bond motifs is 1. The van der Waals surface area contributed by atoms with Gasteiger partial charge in [0.2, 0.25) is 0 Å². The molecule has 0 fully saturated rings. The van der Waals surface area contributed by atoms with E-state index in [1.807, 2.05) is 30.3 Å². The minimum Gasteiger partial charge on any atom is -0.546 e. The quantitative estimate of drug-likeness (QED) is 0.860. The minimum atomic E-state index is -1.24. The highest BCUT2D eigenvalue weighted by atomic mass is 79.9. The van der Waals surface area contributed by atoms with Crippen LogP contribution in [0.5, 0.6) is 5.75 Å². The van der Waals surface area contributed by atoms with Gasteiger partial charge in [-0.05, 0) is 32.8 Å². The van der Waals surface area contributed by atoms with Crippen molar-refractivity contribution in [1.29, 1.82) is 0 Å². The lowest BCUT2D eigenvalue weighted by Crippen LogP contribution is -2.29. The molecule has 2 aromatic rings. The van der Waals surface area contributed by atoms with E-state index in [4.69, 9.17) is 4.74 Å². The summed E-state index contributed by atoms with van der Waals surface area (Å²) in [6.45, 7) is -0.447. The molecule has 0 aliphatic rings. The van der Waals surface area contributed by atoms with Crippen molar-refractivity contribution in [3.63, 3.8) is 0 Å². The van der Waals surface area contributed by atoms with Gasteiger partial charge in [-0.3, -0.25) is 0 Å². The second-order valence-corrected chi connectivity index (χ2v) is 4.05. The van der Waals surface area contributed by atoms with Gasteiger partial charge < -0.3 is 14.6 Å². The van der Waals surface area contributed by atoms with Crippen LogP contribution < -0.4 is 9.84 Å². The van der Waals surface area contributed by atoms with Crippen molar-refractivity contribution in [3.8, 4) is 5.75 Å². The number of ether oxygens (including phenoxy) is 1. The SMILES string of the molecule is O=C([O-])COc1ccc2ccccc2c1Br. The highest BCUT2D eigenvalue weighted by Crippen LogP contribution is 2.32. The summed E-state index contributed by atoms with van der Waals surface area (Å²) in [6, 6.07) is 11.4. The van der Waals surface area contributed by atoms with Crippen LogP contribution in [0.15, 0.2) is 40.9 Å². The molecule has 0 bridgehead atoms. The first kappa shape index (κ1) is 11.0. The molecule has 0 aliphatic carbocycles. The second kappa shape index (κ2) is 4.53. The number of halogens is 1. The van der Waals surface area contributed by atoms with Crippen molar-refractivity contribution < 1.29 is 14.6 Å². The van der Waals surface area contributed by atoms with Crippen molar-refractivity contribution in [1.82, 2.24) is 0 Å². The Morgan fingerprint density at radius 3 is 2.75 bits per heavy atom. The molecule has 0 atom stereocenters. The first-order chi connectivity index (χ1) is 7.68. The first-order valence-corrected chi connectivity index (χ1v) is 5.47. The normalized spacial score (nSPS) is 10.3. The average Bonchev–Trinajstić information content (AvgIpc) is 2.28. The molecule has 0 saturated carbocycles. The highest BCUT2D eigenvalue weighted by molar-refractivity contribution is 9.10. The van der Waals surface area contributed by atoms with E-state index in [-0.39, 0.29) is 0 Å². The van der Waals surface area contributed by atoms with Crippen LogP contribution in [0.1, 0.15) is 0 Å². The third kappa shape index (κ3) is 2.17. The van der Waals surface area contributed by atoms with Crippen LogP contribution in [0.25, 0.3) is 10.8 Å². The molecule has 0 radical (unpaired) electrons. The zero-order valence-electron chi connectivity index (χ0n) is 8.27. The number of carbonyl (C=O) groups is 1. The maximum Gasteiger partial charge on any atom is 0.134 e. The summed E-state index contributed by atoms with van der Waals surface area (Å²) in [6.07, 6.45) is 0. The Hall–Kier alpha value is -1.55. The van der Waals surface area contributed by atoms with Crippen molar-refractivity contribution in [2.24, 2.45) is 0 Å². The summed E-state index contributed by atoms with van der Waals surface area (Å²) in [7, 11) is 0. The van der Waals surface area contributed by atoms with Crippen molar-refractivity contribution in [2.45, 2.75) is 0 Å². The highest BCUT2D eigenvalue weighted by Gasteiger charge is 2.05. The fourth-order valence-electron chi connectivity index (χ4n) is 1.46. The summed E-state index contributed by atoms with van der Waals surface area (Å²) in [4.78, 5) is 10.3. The second-order valence-electron chi connectivity index (χ2n) is 3.26. The number of rotatable bonds is 3. The van der Waals surface area contributed by atoms with Gasteiger partial charge in [-0.25, -0.2) is 0 Å². The Morgan fingerprint density at radius 2 is 2.00 bits per heavy atom. The van der Waals surface area contributed by atoms with Crippen molar-refractivity contribution >= 4 is 32.7 Å². The first-order valence-electron chi connectivity index (χ1n) is 4.68. The third-order valence-corrected chi connectivity index (χ3v) is 2.99. The molecular formula is C12H8BrO3-. The number of hydrogen-bond donors (Lipinski definition) is 0. The predicted molar refractivity (Wildman–Crippen MR) is 62.2 cm³/mol. The molecule has 0 amide bonds. The summed E-state index contributed by atoms with van der Waals surface area (Å²) in [5, 5.41) is 12.3. The monoisotopic (exact) mass is 279 g/mol. The number of carboxylic acids is 1. The van der Waals surface area contributed by atoms with Crippen molar-refractivity contribution in [2.75, 3.05) is 6.61 Å². The minimum absolute atomic E-state index is 0.447. The van der Waals surface area contributed by atoms with Crippen LogP contribution >= 0.6 is 15.9 Å². The largest absolute Gasteiger partial charge is 0.546 e. The molecule has 2 rings (SSSR count). The van der Waals surface area contributed by atoms with Crippen LogP contribution in [0, 0.1) is 0 Å². The third-order valence-electron chi connectivity index (χ3n) is 2.17. The Bertz CT molecular complexity index is 537. The van der Waals surface area contributed by atoms with Crippen LogP contribution in [-0.2, 0) is 4.79 Å². The van der Waals surface area contributed by atoms with E-state index >= 15 is 0 Å². The maximum atomic E-state index is 10.3. The summed E-state index contributed by atoms with van der Waals surface area (Å²) in [5.41, 5.74) is 0. The van der Waals surface area contributed by atoms with Gasteiger partial charge in [-0.15, -0.1) is 0 Å². The summed E-state index contributed by atoms with van der Waals surface area (Å²) >= 11 is 3.39. The van der Waals surface area contributed by atoms with Gasteiger partial charge in [-0.2, -0.15) is 0 Å². The van der Waals surface area contributed by atoms with Gasteiger partial charge in [-0.1, -0.05) is 30.3 Å². The molecule has 0 unspecified atom stereocenters. The Balaban J connectivity index is 2.40. The fourth-order valence-corrected chi connectivity index (χ4v) is 2.07. The lowest BCUT2D eigenvalue weighted by molar-refractivity contribution is -0.307. The van der Waals surface area contributed by atoms with Gasteiger partial charge in [0.15, 0.2) is 0 Å². The van der Waals surface area contributed by atoms with E-state index in [1.165, 1.54) is 0 Å². The van der Waals surface area contributed by atoms with Gasteiger partial charge in [0.05, 0.1) is 10.4 Å². The zero-order valence-corrected chi connectivity index (χ0v) is 9.86. The lowest BCUT2D eigenvalue weighted by atomic mass is 10.1. The number of benzene rings is 2. The molecule has 4 heteroatoms. The van der Waals surface area contributed by atoms with Crippen LogP contribution in [-0.4, -0.2) is 12.6 Å². The molecule has 3 nitrogen and oxygen atoms in total. The number of carbonyl (C=O) groups excluding carboxylic acids is 1. The molecule has 2 aromatic carbocycles. The Morgan fingerprint density at radius 1 is 1.25 bits per heavy atom.